The second kappa shape index (κ2) is 7.38. The largest absolute Gasteiger partial charge is 0.368 e. The Morgan fingerprint density at radius 1 is 1.35 bits per heavy atom. The zero-order valence-corrected chi connectivity index (χ0v) is 11.9. The van der Waals surface area contributed by atoms with Crippen molar-refractivity contribution < 1.29 is 9.84 Å². The maximum Gasteiger partial charge on any atom is 0.154 e. The van der Waals surface area contributed by atoms with Gasteiger partial charge in [-0.05, 0) is 37.0 Å². The third-order valence-electron chi connectivity index (χ3n) is 4.08. The van der Waals surface area contributed by atoms with E-state index < -0.39 is 6.29 Å². The van der Waals surface area contributed by atoms with Gasteiger partial charge in [-0.3, -0.25) is 0 Å². The summed E-state index contributed by atoms with van der Waals surface area (Å²) < 4.78 is 5.68. The molecule has 0 radical (unpaired) electrons. The fourth-order valence-electron chi connectivity index (χ4n) is 3.33. The molecule has 0 amide bonds. The Morgan fingerprint density at radius 2 is 2.12 bits per heavy atom. The summed E-state index contributed by atoms with van der Waals surface area (Å²) in [7, 11) is 0. The van der Waals surface area contributed by atoms with Crippen LogP contribution in [0.15, 0.2) is 0 Å². The third-order valence-corrected chi connectivity index (χ3v) is 4.08. The average molecular weight is 242 g/mol. The van der Waals surface area contributed by atoms with Gasteiger partial charge in [-0.1, -0.05) is 46.5 Å². The molecule has 0 aliphatic heterocycles. The lowest BCUT2D eigenvalue weighted by Crippen LogP contribution is -2.34. The number of ether oxygens (including phenoxy) is 1. The van der Waals surface area contributed by atoms with Crippen LogP contribution in [0, 0.1) is 11.3 Å². The first-order valence-corrected chi connectivity index (χ1v) is 7.41. The summed E-state index contributed by atoms with van der Waals surface area (Å²) >= 11 is 0. The Labute approximate surface area is 107 Å². The highest BCUT2D eigenvalue weighted by molar-refractivity contribution is 4.85. The number of hydrogen-bond acceptors (Lipinski definition) is 2. The van der Waals surface area contributed by atoms with Crippen LogP contribution in [-0.4, -0.2) is 18.0 Å². The molecule has 1 rings (SSSR count). The predicted molar refractivity (Wildman–Crippen MR) is 71.8 cm³/mol. The molecule has 17 heavy (non-hydrogen) atoms. The van der Waals surface area contributed by atoms with E-state index in [1.807, 2.05) is 0 Å². The monoisotopic (exact) mass is 242 g/mol. The number of hydrogen-bond donors (Lipinski definition) is 1. The first kappa shape index (κ1) is 15.0. The van der Waals surface area contributed by atoms with Crippen molar-refractivity contribution in [2.45, 2.75) is 78.4 Å². The second-order valence-corrected chi connectivity index (χ2v) is 6.01. The summed E-state index contributed by atoms with van der Waals surface area (Å²) in [5, 5.41) is 9.71. The summed E-state index contributed by atoms with van der Waals surface area (Å²) in [6, 6.07) is 0. The highest BCUT2D eigenvalue weighted by Gasteiger charge is 2.34. The van der Waals surface area contributed by atoms with Gasteiger partial charge in [-0.15, -0.1) is 0 Å². The van der Waals surface area contributed by atoms with E-state index in [1.54, 1.807) is 0 Å². The summed E-state index contributed by atoms with van der Waals surface area (Å²) in [6.07, 6.45) is 8.92. The lowest BCUT2D eigenvalue weighted by Gasteiger charge is -2.40. The Morgan fingerprint density at radius 3 is 2.71 bits per heavy atom. The second-order valence-electron chi connectivity index (χ2n) is 6.01. The van der Waals surface area contributed by atoms with E-state index in [-0.39, 0.29) is 0 Å². The minimum Gasteiger partial charge on any atom is -0.368 e. The molecule has 3 atom stereocenters. The molecular formula is C15H30O2. The molecule has 2 nitrogen and oxygen atoms in total. The van der Waals surface area contributed by atoms with Gasteiger partial charge in [0.2, 0.25) is 0 Å². The molecule has 1 aliphatic rings. The highest BCUT2D eigenvalue weighted by Crippen LogP contribution is 2.43. The molecule has 1 fully saturated rings. The number of aliphatic hydroxyl groups excluding tert-OH is 1. The summed E-state index contributed by atoms with van der Waals surface area (Å²) in [5.41, 5.74) is 0.348. The van der Waals surface area contributed by atoms with Crippen molar-refractivity contribution in [2.75, 3.05) is 6.61 Å². The summed E-state index contributed by atoms with van der Waals surface area (Å²) in [6.45, 7) is 7.44. The standard InChI is InChI=1S/C15H30O2/c1-4-7-14(16)17-12-15(9-5-2)10-6-8-13(3)11-15/h13-14,16H,4-12H2,1-3H3/t13-,14?,15?/m1/s1. The molecule has 102 valence electrons. The van der Waals surface area contributed by atoms with Crippen LogP contribution < -0.4 is 0 Å². The van der Waals surface area contributed by atoms with Crippen molar-refractivity contribution in [1.29, 1.82) is 0 Å². The quantitative estimate of drug-likeness (QED) is 0.681. The Bertz CT molecular complexity index is 201. The molecule has 2 unspecified atom stereocenters. The van der Waals surface area contributed by atoms with E-state index in [2.05, 4.69) is 20.8 Å². The molecule has 1 saturated carbocycles. The van der Waals surface area contributed by atoms with Crippen molar-refractivity contribution in [1.82, 2.24) is 0 Å². The molecule has 0 aromatic carbocycles. The van der Waals surface area contributed by atoms with Crippen LogP contribution in [0.3, 0.4) is 0 Å². The first-order valence-electron chi connectivity index (χ1n) is 7.41. The number of rotatable bonds is 7. The van der Waals surface area contributed by atoms with E-state index >= 15 is 0 Å². The van der Waals surface area contributed by atoms with Gasteiger partial charge in [0.1, 0.15) is 0 Å². The van der Waals surface area contributed by atoms with E-state index in [0.29, 0.717) is 5.41 Å². The molecule has 0 aromatic heterocycles. The van der Waals surface area contributed by atoms with Crippen LogP contribution in [0.2, 0.25) is 0 Å². The van der Waals surface area contributed by atoms with Crippen molar-refractivity contribution in [3.05, 3.63) is 0 Å². The van der Waals surface area contributed by atoms with Crippen LogP contribution >= 0.6 is 0 Å². The van der Waals surface area contributed by atoms with Crippen LogP contribution in [0.25, 0.3) is 0 Å². The van der Waals surface area contributed by atoms with Crippen LogP contribution in [0.1, 0.15) is 72.1 Å². The van der Waals surface area contributed by atoms with Gasteiger partial charge in [-0.2, -0.15) is 0 Å². The average Bonchev–Trinajstić information content (AvgIpc) is 2.27. The van der Waals surface area contributed by atoms with Gasteiger partial charge < -0.3 is 9.84 Å². The maximum absolute atomic E-state index is 9.71. The molecule has 0 bridgehead atoms. The van der Waals surface area contributed by atoms with E-state index in [0.717, 1.165) is 25.4 Å². The van der Waals surface area contributed by atoms with E-state index in [1.165, 1.54) is 38.5 Å². The molecule has 0 spiro atoms. The van der Waals surface area contributed by atoms with Gasteiger partial charge in [0, 0.05) is 0 Å². The Kier molecular flexibility index (Phi) is 6.50. The van der Waals surface area contributed by atoms with Crippen molar-refractivity contribution in [3.8, 4) is 0 Å². The molecule has 1 aliphatic carbocycles. The maximum atomic E-state index is 9.71. The topological polar surface area (TPSA) is 29.5 Å². The zero-order chi connectivity index (χ0) is 12.7. The third kappa shape index (κ3) is 4.97. The van der Waals surface area contributed by atoms with E-state index in [4.69, 9.17) is 4.74 Å². The lowest BCUT2D eigenvalue weighted by molar-refractivity contribution is -0.138. The highest BCUT2D eigenvalue weighted by atomic mass is 16.6. The fraction of sp³-hybridized carbons (Fsp3) is 1.00. The predicted octanol–water partition coefficient (Wildman–Crippen LogP) is 4.12. The van der Waals surface area contributed by atoms with Crippen molar-refractivity contribution in [3.63, 3.8) is 0 Å². The van der Waals surface area contributed by atoms with Gasteiger partial charge in [0.25, 0.3) is 0 Å². The van der Waals surface area contributed by atoms with Gasteiger partial charge in [0.05, 0.1) is 6.61 Å². The number of aliphatic hydroxyl groups is 1. The molecule has 2 heteroatoms. The van der Waals surface area contributed by atoms with Gasteiger partial charge in [-0.25, -0.2) is 0 Å². The van der Waals surface area contributed by atoms with Gasteiger partial charge in [0.15, 0.2) is 6.29 Å². The molecule has 0 saturated heterocycles. The Balaban J connectivity index is 2.46. The van der Waals surface area contributed by atoms with E-state index in [9.17, 15) is 5.11 Å². The fourth-order valence-corrected chi connectivity index (χ4v) is 3.33. The normalized spacial score (nSPS) is 31.4. The minimum absolute atomic E-state index is 0.348. The molecule has 0 heterocycles. The van der Waals surface area contributed by atoms with Gasteiger partial charge >= 0.3 is 0 Å². The van der Waals surface area contributed by atoms with Crippen molar-refractivity contribution in [2.24, 2.45) is 11.3 Å². The summed E-state index contributed by atoms with van der Waals surface area (Å²) in [4.78, 5) is 0. The minimum atomic E-state index is -0.550. The zero-order valence-electron chi connectivity index (χ0n) is 11.9. The van der Waals surface area contributed by atoms with Crippen LogP contribution in [-0.2, 0) is 4.74 Å². The SMILES string of the molecule is CCCC(O)OCC1(CCC)CCC[C@@H](C)C1. The van der Waals surface area contributed by atoms with Crippen LogP contribution in [0.5, 0.6) is 0 Å². The lowest BCUT2D eigenvalue weighted by atomic mass is 9.68. The summed E-state index contributed by atoms with van der Waals surface area (Å²) in [5.74, 6) is 0.821. The Hall–Kier alpha value is -0.0800. The molecule has 0 aromatic rings. The molecular weight excluding hydrogens is 212 g/mol. The first-order chi connectivity index (χ1) is 8.12. The smallest absolute Gasteiger partial charge is 0.154 e. The van der Waals surface area contributed by atoms with Crippen molar-refractivity contribution >= 4 is 0 Å². The van der Waals surface area contributed by atoms with Crippen LogP contribution in [0.4, 0.5) is 0 Å². The molecule has 1 N–H and O–H groups in total.